The predicted octanol–water partition coefficient (Wildman–Crippen LogP) is 2.61. The molecule has 1 aromatic heterocycles. The molecular weight excluding hydrogens is 470 g/mol. The zero-order valence-corrected chi connectivity index (χ0v) is 18.5. The van der Waals surface area contributed by atoms with Gasteiger partial charge in [0, 0.05) is 30.3 Å². The molecule has 2 aliphatic heterocycles. The maximum absolute atomic E-state index is 15.0. The second kappa shape index (κ2) is 8.12. The molecular formula is C23H19ClF2N4O4. The van der Waals surface area contributed by atoms with Gasteiger partial charge < -0.3 is 10.2 Å². The molecule has 8 nitrogen and oxygen atoms in total. The van der Waals surface area contributed by atoms with Crippen molar-refractivity contribution >= 4 is 35.2 Å². The molecule has 2 aromatic rings. The van der Waals surface area contributed by atoms with E-state index >= 15 is 4.39 Å². The third-order valence-corrected chi connectivity index (χ3v) is 6.62. The summed E-state index contributed by atoms with van der Waals surface area (Å²) in [6.07, 6.45) is 1.85. The van der Waals surface area contributed by atoms with Gasteiger partial charge in [0.25, 0.3) is 11.8 Å². The molecule has 1 saturated carbocycles. The highest BCUT2D eigenvalue weighted by atomic mass is 35.5. The van der Waals surface area contributed by atoms with Gasteiger partial charge in [0.15, 0.2) is 0 Å². The number of carbonyl (C=O) groups is 4. The molecule has 1 aromatic carbocycles. The summed E-state index contributed by atoms with van der Waals surface area (Å²) >= 11 is 5.75. The Morgan fingerprint density at radius 2 is 2.03 bits per heavy atom. The molecule has 2 fully saturated rings. The molecule has 4 amide bonds. The van der Waals surface area contributed by atoms with Crippen molar-refractivity contribution in [3.8, 4) is 0 Å². The quantitative estimate of drug-likeness (QED) is 0.629. The molecule has 3 aliphatic rings. The Bertz CT molecular complexity index is 1250. The summed E-state index contributed by atoms with van der Waals surface area (Å²) in [6, 6.07) is 3.32. The van der Waals surface area contributed by atoms with E-state index in [0.717, 1.165) is 6.07 Å². The van der Waals surface area contributed by atoms with Crippen LogP contribution in [0.5, 0.6) is 0 Å². The first-order chi connectivity index (χ1) is 16.2. The lowest BCUT2D eigenvalue weighted by molar-refractivity contribution is -0.136. The fourth-order valence-corrected chi connectivity index (χ4v) is 4.56. The van der Waals surface area contributed by atoms with E-state index in [1.807, 2.05) is 0 Å². The van der Waals surface area contributed by atoms with E-state index in [2.05, 4.69) is 15.6 Å². The van der Waals surface area contributed by atoms with Gasteiger partial charge in [-0.05, 0) is 49.1 Å². The molecule has 0 radical (unpaired) electrons. The number of hydrogen-bond acceptors (Lipinski definition) is 5. The van der Waals surface area contributed by atoms with Crippen LogP contribution in [-0.2, 0) is 16.1 Å². The van der Waals surface area contributed by atoms with Crippen LogP contribution in [-0.4, -0.2) is 45.2 Å². The number of piperidine rings is 1. The summed E-state index contributed by atoms with van der Waals surface area (Å²) in [6.45, 7) is 0.0887. The summed E-state index contributed by atoms with van der Waals surface area (Å²) in [5.41, 5.74) is -1.03. The molecule has 0 spiro atoms. The summed E-state index contributed by atoms with van der Waals surface area (Å²) < 4.78 is 29.5. The number of rotatable bonds is 5. The van der Waals surface area contributed by atoms with E-state index in [1.165, 1.54) is 29.3 Å². The Labute approximate surface area is 197 Å². The van der Waals surface area contributed by atoms with Gasteiger partial charge in [-0.1, -0.05) is 11.6 Å². The second-order valence-electron chi connectivity index (χ2n) is 8.73. The third-order valence-electron chi connectivity index (χ3n) is 6.42. The lowest BCUT2D eigenvalue weighted by Crippen LogP contribution is -2.52. The summed E-state index contributed by atoms with van der Waals surface area (Å²) in [4.78, 5) is 54.7. The molecule has 0 bridgehead atoms. The van der Waals surface area contributed by atoms with Crippen molar-refractivity contribution in [2.24, 2.45) is 0 Å². The maximum atomic E-state index is 15.0. The smallest absolute Gasteiger partial charge is 0.255 e. The van der Waals surface area contributed by atoms with Crippen molar-refractivity contribution in [3.63, 3.8) is 0 Å². The van der Waals surface area contributed by atoms with E-state index in [9.17, 15) is 23.6 Å². The molecule has 11 heteroatoms. The van der Waals surface area contributed by atoms with Gasteiger partial charge in [-0.3, -0.25) is 29.5 Å². The van der Waals surface area contributed by atoms with Crippen molar-refractivity contribution in [1.29, 1.82) is 0 Å². The number of hydrogen-bond donors (Lipinski definition) is 2. The van der Waals surface area contributed by atoms with Gasteiger partial charge >= 0.3 is 0 Å². The predicted molar refractivity (Wildman–Crippen MR) is 115 cm³/mol. The zero-order valence-electron chi connectivity index (χ0n) is 17.7. The first kappa shape index (κ1) is 22.4. The van der Waals surface area contributed by atoms with E-state index in [4.69, 9.17) is 11.6 Å². The van der Waals surface area contributed by atoms with Crippen LogP contribution >= 0.6 is 11.6 Å². The highest BCUT2D eigenvalue weighted by Gasteiger charge is 2.53. The van der Waals surface area contributed by atoms with E-state index < -0.39 is 35.4 Å². The molecule has 176 valence electrons. The molecule has 3 heterocycles. The number of nitrogens with one attached hydrogen (secondary N) is 2. The van der Waals surface area contributed by atoms with Crippen LogP contribution in [0.1, 0.15) is 63.7 Å². The molecule has 1 saturated heterocycles. The Kier molecular flexibility index (Phi) is 5.35. The minimum absolute atomic E-state index is 0.0545. The van der Waals surface area contributed by atoms with Crippen LogP contribution < -0.4 is 10.6 Å². The summed E-state index contributed by atoms with van der Waals surface area (Å²) in [5.74, 6) is -2.76. The Morgan fingerprint density at radius 1 is 1.26 bits per heavy atom. The number of benzene rings is 1. The van der Waals surface area contributed by atoms with Gasteiger partial charge in [0.05, 0.1) is 5.02 Å². The Morgan fingerprint density at radius 3 is 2.71 bits per heavy atom. The third kappa shape index (κ3) is 3.91. The molecule has 5 rings (SSSR count). The second-order valence-corrected chi connectivity index (χ2v) is 9.17. The van der Waals surface area contributed by atoms with E-state index in [-0.39, 0.29) is 60.3 Å². The highest BCUT2D eigenvalue weighted by molar-refractivity contribution is 6.30. The number of nitrogens with zero attached hydrogens (tertiary/aromatic N) is 2. The van der Waals surface area contributed by atoms with Crippen LogP contribution in [0, 0.1) is 5.82 Å². The minimum atomic E-state index is -1.81. The van der Waals surface area contributed by atoms with Crippen molar-refractivity contribution in [1.82, 2.24) is 20.5 Å². The van der Waals surface area contributed by atoms with Crippen LogP contribution in [0.2, 0.25) is 5.02 Å². The number of pyridine rings is 1. The van der Waals surface area contributed by atoms with Gasteiger partial charge in [0.2, 0.25) is 11.8 Å². The average molecular weight is 489 g/mol. The Hall–Kier alpha value is -3.40. The molecule has 1 aliphatic carbocycles. The summed E-state index contributed by atoms with van der Waals surface area (Å²) in [7, 11) is 0. The SMILES string of the molecule is O=C1CC[C@H](N2Cc3cc(C(=O)N[C@H](c4ncc(Cl)cc4F)C4(F)CC4)ccc3C2=O)C(=O)N1. The van der Waals surface area contributed by atoms with Crippen molar-refractivity contribution in [3.05, 3.63) is 63.7 Å². The fraction of sp³-hybridized carbons (Fsp3) is 0.348. The molecule has 2 N–H and O–H groups in total. The number of carbonyl (C=O) groups excluding carboxylic acids is 4. The van der Waals surface area contributed by atoms with Gasteiger partial charge in [-0.25, -0.2) is 8.78 Å². The maximum Gasteiger partial charge on any atom is 0.255 e. The highest BCUT2D eigenvalue weighted by Crippen LogP contribution is 2.49. The molecule has 2 atom stereocenters. The van der Waals surface area contributed by atoms with Crippen LogP contribution in [0.4, 0.5) is 8.78 Å². The standard InChI is InChI=1S/C23H19ClF2N4O4/c24-13-8-15(25)18(27-9-13)19(23(26)5-6-23)29-20(32)11-1-2-14-12(7-11)10-30(22(14)34)16-3-4-17(31)28-21(16)33/h1-2,7-9,16,19H,3-6,10H2,(H,29,32)(H,28,31,33)/t16-,19+/m0/s1. The fourth-order valence-electron chi connectivity index (χ4n) is 4.42. The largest absolute Gasteiger partial charge is 0.340 e. The van der Waals surface area contributed by atoms with Crippen LogP contribution in [0.25, 0.3) is 0 Å². The van der Waals surface area contributed by atoms with Crippen molar-refractivity contribution < 1.29 is 28.0 Å². The molecule has 34 heavy (non-hydrogen) atoms. The minimum Gasteiger partial charge on any atom is -0.340 e. The number of alkyl halides is 1. The number of fused-ring (bicyclic) bond motifs is 1. The van der Waals surface area contributed by atoms with Crippen molar-refractivity contribution in [2.75, 3.05) is 0 Å². The topological polar surface area (TPSA) is 108 Å². The summed E-state index contributed by atoms with van der Waals surface area (Å²) in [5, 5.41) is 4.83. The monoisotopic (exact) mass is 488 g/mol. The first-order valence-corrected chi connectivity index (χ1v) is 11.1. The van der Waals surface area contributed by atoms with Gasteiger partial charge in [0.1, 0.15) is 29.3 Å². The first-order valence-electron chi connectivity index (χ1n) is 10.7. The molecule has 0 unspecified atom stereocenters. The number of aromatic nitrogens is 1. The zero-order chi connectivity index (χ0) is 24.2. The van der Waals surface area contributed by atoms with Crippen LogP contribution in [0.3, 0.4) is 0 Å². The lowest BCUT2D eigenvalue weighted by atomic mass is 10.0. The van der Waals surface area contributed by atoms with E-state index in [1.54, 1.807) is 0 Å². The van der Waals surface area contributed by atoms with Gasteiger partial charge in [-0.2, -0.15) is 0 Å². The van der Waals surface area contributed by atoms with Crippen LogP contribution in [0.15, 0.2) is 30.5 Å². The van der Waals surface area contributed by atoms with Gasteiger partial charge in [-0.15, -0.1) is 0 Å². The lowest BCUT2D eigenvalue weighted by Gasteiger charge is -2.29. The number of halogens is 3. The number of imide groups is 1. The number of amides is 4. The normalized spacial score (nSPS) is 21.7. The van der Waals surface area contributed by atoms with E-state index in [0.29, 0.717) is 11.1 Å². The van der Waals surface area contributed by atoms with Crippen molar-refractivity contribution in [2.45, 2.75) is 50.0 Å². The average Bonchev–Trinajstić information content (AvgIpc) is 3.45. The Balaban J connectivity index is 1.37.